The van der Waals surface area contributed by atoms with Gasteiger partial charge in [-0.05, 0) is 52.8 Å². The van der Waals surface area contributed by atoms with Crippen LogP contribution < -0.4 is 11.0 Å². The third kappa shape index (κ3) is 3.03. The van der Waals surface area contributed by atoms with Gasteiger partial charge in [-0.2, -0.15) is 0 Å². The highest BCUT2D eigenvalue weighted by atomic mass is 32.2. The van der Waals surface area contributed by atoms with Gasteiger partial charge >= 0.3 is 7.12 Å². The Hall–Kier alpha value is -2.36. The van der Waals surface area contributed by atoms with Crippen LogP contribution in [-0.2, 0) is 26.4 Å². The molecule has 0 radical (unpaired) electrons. The third-order valence-corrected chi connectivity index (χ3v) is 7.70. The number of rotatable bonds is 3. The molecule has 0 unspecified atom stereocenters. The van der Waals surface area contributed by atoms with Crippen LogP contribution in [0.2, 0.25) is 0 Å². The maximum Gasteiger partial charge on any atom is 0.497 e. The summed E-state index contributed by atoms with van der Waals surface area (Å²) in [6.45, 7) is 9.52. The van der Waals surface area contributed by atoms with E-state index in [0.717, 1.165) is 14.1 Å². The number of nitrogens with zero attached hydrogens (tertiary/aromatic N) is 2. The lowest BCUT2D eigenvalue weighted by molar-refractivity contribution is 0.00578. The van der Waals surface area contributed by atoms with E-state index in [-0.39, 0.29) is 17.4 Å². The van der Waals surface area contributed by atoms with E-state index in [9.17, 15) is 13.2 Å². The van der Waals surface area contributed by atoms with Crippen molar-refractivity contribution < 1.29 is 19.1 Å². The quantitative estimate of drug-likeness (QED) is 0.597. The molecule has 3 heterocycles. The molecule has 1 aliphatic rings. The van der Waals surface area contributed by atoms with E-state index in [1.165, 1.54) is 24.5 Å². The topological polar surface area (TPSA) is 79.5 Å². The lowest BCUT2D eigenvalue weighted by Crippen LogP contribution is -2.41. The minimum Gasteiger partial charge on any atom is -0.399 e. The van der Waals surface area contributed by atoms with Gasteiger partial charge in [-0.3, -0.25) is 4.79 Å². The molecule has 0 aliphatic carbocycles. The van der Waals surface area contributed by atoms with Crippen LogP contribution in [-0.4, -0.2) is 35.3 Å². The van der Waals surface area contributed by atoms with E-state index >= 15 is 0 Å². The third-order valence-electron chi connectivity index (χ3n) is 6.01. The van der Waals surface area contributed by atoms with Gasteiger partial charge in [0, 0.05) is 31.6 Å². The second-order valence-electron chi connectivity index (χ2n) is 8.64. The Balaban J connectivity index is 1.95. The van der Waals surface area contributed by atoms with E-state index < -0.39 is 33.9 Å². The molecule has 0 spiro atoms. The molecule has 1 saturated heterocycles. The number of fused-ring (bicyclic) bond motifs is 1. The average Bonchev–Trinajstić information content (AvgIpc) is 3.22. The van der Waals surface area contributed by atoms with E-state index in [1.807, 2.05) is 34.6 Å². The van der Waals surface area contributed by atoms with Crippen LogP contribution in [0.25, 0.3) is 10.9 Å². The number of aromatic nitrogens is 2. The van der Waals surface area contributed by atoms with Gasteiger partial charge in [0.25, 0.3) is 15.6 Å². The molecule has 0 N–H and O–H groups in total. The first kappa shape index (κ1) is 19.6. The first-order valence-electron chi connectivity index (χ1n) is 10.3. The van der Waals surface area contributed by atoms with Crippen LogP contribution in [0.5, 0.6) is 0 Å². The minimum absolute atomic E-state index is 0.0277. The smallest absolute Gasteiger partial charge is 0.399 e. The number of hydrogen-bond acceptors (Lipinski definition) is 5. The van der Waals surface area contributed by atoms with Crippen LogP contribution in [0, 0.1) is 6.92 Å². The number of hydrogen-bond donors (Lipinski definition) is 0. The first-order chi connectivity index (χ1) is 14.4. The fourth-order valence-electron chi connectivity index (χ4n) is 3.47. The second kappa shape index (κ2) is 6.57. The molecule has 2 aromatic heterocycles. The average molecular weight is 429 g/mol. The molecule has 3 aromatic rings. The Morgan fingerprint density at radius 3 is 2.20 bits per heavy atom. The number of pyridine rings is 1. The molecule has 1 fully saturated rings. The summed E-state index contributed by atoms with van der Waals surface area (Å²) in [5.74, 6) is 0. The SMILES string of the molecule is [2H]Cn1cc(B2OC(C)(C)C(C)(C)O2)c2ccn(S(=O)(=O)c3ccc(C)cc3)c2c1=O. The van der Waals surface area contributed by atoms with Gasteiger partial charge in [0.1, 0.15) is 5.52 Å². The monoisotopic (exact) mass is 429 g/mol. The molecule has 158 valence electrons. The van der Waals surface area contributed by atoms with Crippen molar-refractivity contribution in [2.45, 2.75) is 50.7 Å². The Kier molecular flexibility index (Phi) is 4.29. The molecule has 4 rings (SSSR count). The lowest BCUT2D eigenvalue weighted by Gasteiger charge is -2.32. The van der Waals surface area contributed by atoms with Gasteiger partial charge in [-0.1, -0.05) is 17.7 Å². The van der Waals surface area contributed by atoms with E-state index in [1.54, 1.807) is 18.2 Å². The zero-order valence-electron chi connectivity index (χ0n) is 18.7. The molecule has 30 heavy (non-hydrogen) atoms. The van der Waals surface area contributed by atoms with Gasteiger partial charge in [-0.15, -0.1) is 0 Å². The summed E-state index contributed by atoms with van der Waals surface area (Å²) in [7, 11) is -5.18. The molecular weight excluding hydrogens is 403 g/mol. The van der Waals surface area contributed by atoms with Crippen LogP contribution in [0.1, 0.15) is 34.6 Å². The van der Waals surface area contributed by atoms with Crippen LogP contribution in [0.15, 0.2) is 52.4 Å². The van der Waals surface area contributed by atoms with Crippen molar-refractivity contribution in [2.75, 3.05) is 0 Å². The molecule has 0 bridgehead atoms. The highest BCUT2D eigenvalue weighted by molar-refractivity contribution is 7.90. The summed E-state index contributed by atoms with van der Waals surface area (Å²) in [4.78, 5) is 13.1. The Labute approximate surface area is 177 Å². The van der Waals surface area contributed by atoms with Crippen molar-refractivity contribution in [1.82, 2.24) is 8.54 Å². The van der Waals surface area contributed by atoms with Gasteiger partial charge in [0.05, 0.1) is 16.1 Å². The van der Waals surface area contributed by atoms with Crippen LogP contribution >= 0.6 is 0 Å². The molecule has 0 saturated carbocycles. The maximum absolute atomic E-state index is 13.3. The normalized spacial score (nSPS) is 18.7. The molecule has 1 aromatic carbocycles. The molecule has 0 atom stereocenters. The van der Waals surface area contributed by atoms with Crippen molar-refractivity contribution in [3.63, 3.8) is 0 Å². The Morgan fingerprint density at radius 1 is 1.03 bits per heavy atom. The van der Waals surface area contributed by atoms with Crippen molar-refractivity contribution in [3.05, 3.63) is 58.6 Å². The van der Waals surface area contributed by atoms with Crippen LogP contribution in [0.4, 0.5) is 0 Å². The summed E-state index contributed by atoms with van der Waals surface area (Å²) in [6, 6.07) is 8.01. The zero-order valence-corrected chi connectivity index (χ0v) is 18.5. The summed E-state index contributed by atoms with van der Waals surface area (Å²) >= 11 is 0. The highest BCUT2D eigenvalue weighted by Gasteiger charge is 2.52. The largest absolute Gasteiger partial charge is 0.497 e. The fourth-order valence-corrected chi connectivity index (χ4v) is 4.82. The highest BCUT2D eigenvalue weighted by Crippen LogP contribution is 2.37. The van der Waals surface area contributed by atoms with Gasteiger partial charge in [0.15, 0.2) is 0 Å². The maximum atomic E-state index is 13.3. The predicted molar refractivity (Wildman–Crippen MR) is 117 cm³/mol. The number of aryl methyl sites for hydroxylation is 2. The molecular formula is C21H25BN2O5S. The molecule has 0 amide bonds. The second-order valence-corrected chi connectivity index (χ2v) is 10.5. The van der Waals surface area contributed by atoms with Crippen molar-refractivity contribution in [1.29, 1.82) is 0 Å². The summed E-state index contributed by atoms with van der Waals surface area (Å²) < 4.78 is 48.8. The fraction of sp³-hybridized carbons (Fsp3) is 0.381. The number of benzene rings is 1. The summed E-state index contributed by atoms with van der Waals surface area (Å²) in [5, 5.41) is 0.420. The van der Waals surface area contributed by atoms with Crippen molar-refractivity contribution in [2.24, 2.45) is 7.02 Å². The van der Waals surface area contributed by atoms with Crippen molar-refractivity contribution in [3.8, 4) is 0 Å². The van der Waals surface area contributed by atoms with Crippen molar-refractivity contribution >= 4 is 33.5 Å². The van der Waals surface area contributed by atoms with Gasteiger partial charge in [0.2, 0.25) is 0 Å². The Morgan fingerprint density at radius 2 is 1.63 bits per heavy atom. The minimum atomic E-state index is -4.01. The van der Waals surface area contributed by atoms with E-state index in [0.29, 0.717) is 10.8 Å². The van der Waals surface area contributed by atoms with Gasteiger partial charge in [-0.25, -0.2) is 12.4 Å². The summed E-state index contributed by atoms with van der Waals surface area (Å²) in [5.41, 5.74) is -0.370. The van der Waals surface area contributed by atoms with Gasteiger partial charge < -0.3 is 13.9 Å². The van der Waals surface area contributed by atoms with Crippen LogP contribution in [0.3, 0.4) is 0 Å². The predicted octanol–water partition coefficient (Wildman–Crippen LogP) is 2.18. The standard InChI is InChI=1S/C21H25BN2O5S/c1-14-7-9-15(10-8-14)30(26,27)24-12-11-16-17(13-23(6)19(25)18(16)24)22-28-20(2,3)21(4,5)29-22/h7-13H,1-6H3/i6D. The van der Waals surface area contributed by atoms with E-state index in [2.05, 4.69) is 0 Å². The van der Waals surface area contributed by atoms with E-state index in [4.69, 9.17) is 10.7 Å². The molecule has 1 aliphatic heterocycles. The first-order valence-corrected chi connectivity index (χ1v) is 11.0. The summed E-state index contributed by atoms with van der Waals surface area (Å²) in [6.07, 6.45) is 2.88. The molecule has 7 nitrogen and oxygen atoms in total. The zero-order chi connectivity index (χ0) is 22.8. The molecule has 9 heteroatoms. The lowest BCUT2D eigenvalue weighted by atomic mass is 9.78. The Bertz CT molecular complexity index is 1310.